The summed E-state index contributed by atoms with van der Waals surface area (Å²) in [5.41, 5.74) is 6.17. The standard InChI is InChI=1S/C27H25N3O9/c1-15-20(12-16-4-8-18(9-5-16)29(13-21(31)38-2)14-22(32)39-3)25(34)30(26(35)23(15)24(28)33)19-10-6-17(7-11-19)27(36)37/h4-12H,13-14H2,1-3H3,(H2,28,33)(H,36,37)/b20-12-. The lowest BCUT2D eigenvalue weighted by Crippen LogP contribution is -2.46. The number of carbonyl (C=O) groups is 6. The van der Waals surface area contributed by atoms with E-state index in [1.807, 2.05) is 0 Å². The molecule has 0 radical (unpaired) electrons. The first-order valence-electron chi connectivity index (χ1n) is 11.4. The van der Waals surface area contributed by atoms with Gasteiger partial charge in [0.1, 0.15) is 18.7 Å². The van der Waals surface area contributed by atoms with Crippen molar-refractivity contribution < 1.29 is 43.3 Å². The van der Waals surface area contributed by atoms with Gasteiger partial charge in [-0.05, 0) is 60.5 Å². The molecule has 0 atom stereocenters. The zero-order chi connectivity index (χ0) is 28.9. The number of hydrogen-bond donors (Lipinski definition) is 2. The number of nitrogens with zero attached hydrogens (tertiary/aromatic N) is 2. The Hall–Kier alpha value is -5.26. The van der Waals surface area contributed by atoms with E-state index in [1.54, 1.807) is 24.3 Å². The Bertz CT molecular complexity index is 1390. The lowest BCUT2D eigenvalue weighted by atomic mass is 9.92. The maximum Gasteiger partial charge on any atom is 0.335 e. The molecule has 202 valence electrons. The zero-order valence-corrected chi connectivity index (χ0v) is 21.3. The molecule has 3 N–H and O–H groups in total. The van der Waals surface area contributed by atoms with Crippen LogP contribution in [0.25, 0.3) is 6.08 Å². The average Bonchev–Trinajstić information content (AvgIpc) is 2.91. The molecular formula is C27H25N3O9. The van der Waals surface area contributed by atoms with Crippen LogP contribution in [0.5, 0.6) is 0 Å². The number of hydrogen-bond acceptors (Lipinski definition) is 9. The molecule has 1 aliphatic rings. The third-order valence-electron chi connectivity index (χ3n) is 5.91. The number of anilines is 2. The van der Waals surface area contributed by atoms with Crippen LogP contribution in [0.4, 0.5) is 11.4 Å². The van der Waals surface area contributed by atoms with Crippen LogP contribution < -0.4 is 15.5 Å². The van der Waals surface area contributed by atoms with E-state index in [4.69, 9.17) is 10.8 Å². The number of amides is 3. The van der Waals surface area contributed by atoms with Gasteiger partial charge in [0.25, 0.3) is 17.7 Å². The number of rotatable bonds is 9. The Labute approximate surface area is 222 Å². The monoisotopic (exact) mass is 535 g/mol. The summed E-state index contributed by atoms with van der Waals surface area (Å²) >= 11 is 0. The van der Waals surface area contributed by atoms with Crippen molar-refractivity contribution in [1.29, 1.82) is 0 Å². The van der Waals surface area contributed by atoms with Crippen molar-refractivity contribution in [3.05, 3.63) is 76.4 Å². The maximum atomic E-state index is 13.4. The minimum atomic E-state index is -1.19. The van der Waals surface area contributed by atoms with Crippen molar-refractivity contribution in [2.45, 2.75) is 6.92 Å². The molecule has 0 saturated heterocycles. The third-order valence-corrected chi connectivity index (χ3v) is 5.91. The largest absolute Gasteiger partial charge is 0.478 e. The van der Waals surface area contributed by atoms with Crippen LogP contribution in [0.1, 0.15) is 22.8 Å². The minimum Gasteiger partial charge on any atom is -0.478 e. The normalized spacial score (nSPS) is 14.3. The van der Waals surface area contributed by atoms with Crippen molar-refractivity contribution in [2.24, 2.45) is 5.73 Å². The fourth-order valence-corrected chi connectivity index (χ4v) is 3.86. The van der Waals surface area contributed by atoms with Gasteiger partial charge in [0, 0.05) is 11.3 Å². The Balaban J connectivity index is 2.02. The highest BCUT2D eigenvalue weighted by molar-refractivity contribution is 6.38. The number of imide groups is 1. The Morgan fingerprint density at radius 2 is 1.44 bits per heavy atom. The highest BCUT2D eigenvalue weighted by Gasteiger charge is 2.38. The van der Waals surface area contributed by atoms with Crippen LogP contribution in [0, 0.1) is 0 Å². The molecule has 0 bridgehead atoms. The van der Waals surface area contributed by atoms with E-state index in [0.29, 0.717) is 11.3 Å². The number of nitrogens with two attached hydrogens (primary N) is 1. The summed E-state index contributed by atoms with van der Waals surface area (Å²) in [6.07, 6.45) is 1.46. The molecule has 0 spiro atoms. The second-order valence-corrected chi connectivity index (χ2v) is 8.32. The number of carbonyl (C=O) groups excluding carboxylic acids is 5. The molecule has 3 rings (SSSR count). The van der Waals surface area contributed by atoms with E-state index in [0.717, 1.165) is 4.90 Å². The average molecular weight is 536 g/mol. The highest BCUT2D eigenvalue weighted by Crippen LogP contribution is 2.31. The summed E-state index contributed by atoms with van der Waals surface area (Å²) in [6, 6.07) is 11.4. The topological polar surface area (TPSA) is 174 Å². The van der Waals surface area contributed by atoms with E-state index >= 15 is 0 Å². The number of carboxylic acid groups (broad SMARTS) is 1. The first-order chi connectivity index (χ1) is 18.5. The quantitative estimate of drug-likeness (QED) is 0.206. The van der Waals surface area contributed by atoms with Crippen molar-refractivity contribution in [2.75, 3.05) is 37.1 Å². The number of ether oxygens (including phenoxy) is 2. The van der Waals surface area contributed by atoms with Crippen LogP contribution in [-0.2, 0) is 33.4 Å². The van der Waals surface area contributed by atoms with E-state index in [9.17, 15) is 28.8 Å². The predicted octanol–water partition coefficient (Wildman–Crippen LogP) is 1.30. The lowest BCUT2D eigenvalue weighted by molar-refractivity contribution is -0.140. The highest BCUT2D eigenvalue weighted by atomic mass is 16.5. The van der Waals surface area contributed by atoms with E-state index in [1.165, 1.54) is 56.4 Å². The van der Waals surface area contributed by atoms with Crippen molar-refractivity contribution in [1.82, 2.24) is 0 Å². The van der Waals surface area contributed by atoms with Gasteiger partial charge >= 0.3 is 17.9 Å². The van der Waals surface area contributed by atoms with Gasteiger partial charge in [0.2, 0.25) is 0 Å². The van der Waals surface area contributed by atoms with Gasteiger partial charge in [-0.3, -0.25) is 24.0 Å². The number of esters is 2. The Morgan fingerprint density at radius 3 is 1.90 bits per heavy atom. The molecular weight excluding hydrogens is 510 g/mol. The molecule has 0 aliphatic carbocycles. The molecule has 0 fully saturated rings. The number of carboxylic acids is 1. The zero-order valence-electron chi connectivity index (χ0n) is 21.3. The number of aromatic carboxylic acids is 1. The smallest absolute Gasteiger partial charge is 0.335 e. The number of primary amides is 1. The van der Waals surface area contributed by atoms with Crippen LogP contribution in [0.15, 0.2) is 65.3 Å². The van der Waals surface area contributed by atoms with Gasteiger partial charge in [-0.1, -0.05) is 12.1 Å². The predicted molar refractivity (Wildman–Crippen MR) is 138 cm³/mol. The number of benzene rings is 2. The van der Waals surface area contributed by atoms with Crippen LogP contribution in [-0.4, -0.2) is 68.0 Å². The van der Waals surface area contributed by atoms with E-state index in [2.05, 4.69) is 9.47 Å². The minimum absolute atomic E-state index is 0.0134. The molecule has 0 saturated carbocycles. The van der Waals surface area contributed by atoms with Gasteiger partial charge < -0.3 is 25.2 Å². The summed E-state index contributed by atoms with van der Waals surface area (Å²) in [5, 5.41) is 9.14. The molecule has 2 aromatic carbocycles. The second-order valence-electron chi connectivity index (χ2n) is 8.32. The van der Waals surface area contributed by atoms with Crippen LogP contribution >= 0.6 is 0 Å². The van der Waals surface area contributed by atoms with Crippen LogP contribution in [0.2, 0.25) is 0 Å². The van der Waals surface area contributed by atoms with E-state index < -0.39 is 35.6 Å². The fraction of sp³-hybridized carbons (Fsp3) is 0.185. The lowest BCUT2D eigenvalue weighted by Gasteiger charge is -2.28. The number of methoxy groups -OCH3 is 2. The molecule has 2 aromatic rings. The van der Waals surface area contributed by atoms with Gasteiger partial charge in [-0.2, -0.15) is 0 Å². The molecule has 39 heavy (non-hydrogen) atoms. The van der Waals surface area contributed by atoms with Crippen molar-refractivity contribution in [3.63, 3.8) is 0 Å². The first-order valence-corrected chi connectivity index (χ1v) is 11.4. The summed E-state index contributed by atoms with van der Waals surface area (Å²) in [4.78, 5) is 75.7. The maximum absolute atomic E-state index is 13.4. The molecule has 3 amide bonds. The molecule has 0 unspecified atom stereocenters. The fourth-order valence-electron chi connectivity index (χ4n) is 3.86. The second kappa shape index (κ2) is 11.9. The Kier molecular flexibility index (Phi) is 8.61. The Morgan fingerprint density at radius 1 is 0.897 bits per heavy atom. The molecule has 12 nitrogen and oxygen atoms in total. The SMILES string of the molecule is COC(=O)CN(CC(=O)OC)c1ccc(/C=C2\C(=O)N(c3ccc(C(=O)O)cc3)C(=O)C(C(N)=O)=C2C)cc1. The van der Waals surface area contributed by atoms with Crippen molar-refractivity contribution in [3.8, 4) is 0 Å². The van der Waals surface area contributed by atoms with E-state index in [-0.39, 0.29) is 41.1 Å². The summed E-state index contributed by atoms with van der Waals surface area (Å²) in [5.74, 6) is -5.03. The molecule has 12 heteroatoms. The summed E-state index contributed by atoms with van der Waals surface area (Å²) < 4.78 is 9.37. The molecule has 1 aliphatic heterocycles. The third kappa shape index (κ3) is 6.18. The van der Waals surface area contributed by atoms with Gasteiger partial charge in [0.15, 0.2) is 0 Å². The van der Waals surface area contributed by atoms with Crippen LogP contribution in [0.3, 0.4) is 0 Å². The van der Waals surface area contributed by atoms with Gasteiger partial charge in [-0.15, -0.1) is 0 Å². The first kappa shape index (κ1) is 28.3. The summed E-state index contributed by atoms with van der Waals surface area (Å²) in [7, 11) is 2.44. The molecule has 1 heterocycles. The molecule has 0 aromatic heterocycles. The summed E-state index contributed by atoms with van der Waals surface area (Å²) in [6.45, 7) is 0.994. The van der Waals surface area contributed by atoms with Crippen molar-refractivity contribution >= 4 is 53.1 Å². The van der Waals surface area contributed by atoms with Gasteiger partial charge in [-0.25, -0.2) is 9.69 Å². The van der Waals surface area contributed by atoms with Gasteiger partial charge in [0.05, 0.1) is 25.5 Å².